The minimum atomic E-state index is 0.894. The van der Waals surface area contributed by atoms with Gasteiger partial charge >= 0.3 is 0 Å². The maximum atomic E-state index is 5.41. The molecule has 4 heteroatoms. The van der Waals surface area contributed by atoms with Crippen molar-refractivity contribution in [3.05, 3.63) is 34.4 Å². The molecule has 0 atom stereocenters. The van der Waals surface area contributed by atoms with E-state index in [9.17, 15) is 0 Å². The van der Waals surface area contributed by atoms with Crippen LogP contribution in [0.5, 0.6) is 0 Å². The van der Waals surface area contributed by atoms with Crippen LogP contribution in [-0.4, -0.2) is 4.98 Å². The number of halogens is 1. The first-order chi connectivity index (χ1) is 6.72. The molecule has 0 aliphatic carbocycles. The Morgan fingerprint density at radius 3 is 2.93 bits per heavy atom. The summed E-state index contributed by atoms with van der Waals surface area (Å²) in [6.07, 6.45) is 1.74. The van der Waals surface area contributed by atoms with E-state index in [0.717, 1.165) is 21.1 Å². The van der Waals surface area contributed by atoms with Gasteiger partial charge in [0, 0.05) is 16.1 Å². The van der Waals surface area contributed by atoms with Crippen molar-refractivity contribution in [2.45, 2.75) is 6.92 Å². The molecule has 0 aliphatic heterocycles. The Morgan fingerprint density at radius 1 is 1.43 bits per heavy atom. The summed E-state index contributed by atoms with van der Waals surface area (Å²) in [6, 6.07) is 5.91. The standard InChI is InChI=1S/C10H10BrN3/c1-6-4-7-9(14-12)2-3-13-10(7)5-8(6)11/h2-5H,12H2,1H3,(H,13,14). The van der Waals surface area contributed by atoms with Gasteiger partial charge in [0.2, 0.25) is 0 Å². The molecule has 3 N–H and O–H groups in total. The van der Waals surface area contributed by atoms with Crippen LogP contribution in [0, 0.1) is 6.92 Å². The normalized spacial score (nSPS) is 10.5. The zero-order chi connectivity index (χ0) is 10.1. The van der Waals surface area contributed by atoms with Crippen molar-refractivity contribution in [2.75, 3.05) is 5.43 Å². The minimum Gasteiger partial charge on any atom is -0.323 e. The summed E-state index contributed by atoms with van der Waals surface area (Å²) < 4.78 is 1.06. The van der Waals surface area contributed by atoms with Crippen LogP contribution >= 0.6 is 15.9 Å². The molecule has 1 aromatic carbocycles. The molecule has 3 nitrogen and oxygen atoms in total. The number of fused-ring (bicyclic) bond motifs is 1. The molecule has 0 fully saturated rings. The van der Waals surface area contributed by atoms with Crippen LogP contribution in [0.4, 0.5) is 5.69 Å². The van der Waals surface area contributed by atoms with E-state index in [1.54, 1.807) is 6.20 Å². The molecule has 0 saturated heterocycles. The van der Waals surface area contributed by atoms with Gasteiger partial charge in [0.05, 0.1) is 11.2 Å². The number of aromatic nitrogens is 1. The predicted octanol–water partition coefficient (Wildman–Crippen LogP) is 2.59. The highest BCUT2D eigenvalue weighted by molar-refractivity contribution is 9.10. The molecule has 2 aromatic rings. The number of aryl methyl sites for hydroxylation is 1. The van der Waals surface area contributed by atoms with Crippen molar-refractivity contribution in [1.82, 2.24) is 4.98 Å². The van der Waals surface area contributed by atoms with Crippen molar-refractivity contribution < 1.29 is 0 Å². The van der Waals surface area contributed by atoms with Crippen molar-refractivity contribution >= 4 is 32.5 Å². The number of rotatable bonds is 1. The number of anilines is 1. The molecule has 2 rings (SSSR count). The van der Waals surface area contributed by atoms with Gasteiger partial charge in [0.15, 0.2) is 0 Å². The third-order valence-electron chi connectivity index (χ3n) is 2.18. The highest BCUT2D eigenvalue weighted by Crippen LogP contribution is 2.26. The number of hydrogen-bond acceptors (Lipinski definition) is 3. The average molecular weight is 252 g/mol. The lowest BCUT2D eigenvalue weighted by Crippen LogP contribution is -2.07. The Bertz CT molecular complexity index is 482. The Morgan fingerprint density at radius 2 is 2.21 bits per heavy atom. The fourth-order valence-electron chi connectivity index (χ4n) is 1.40. The van der Waals surface area contributed by atoms with Crippen LogP contribution in [0.2, 0.25) is 0 Å². The topological polar surface area (TPSA) is 50.9 Å². The van der Waals surface area contributed by atoms with Crippen LogP contribution in [0.1, 0.15) is 5.56 Å². The summed E-state index contributed by atoms with van der Waals surface area (Å²) in [7, 11) is 0. The monoisotopic (exact) mass is 251 g/mol. The van der Waals surface area contributed by atoms with Crippen molar-refractivity contribution in [3.63, 3.8) is 0 Å². The molecular formula is C10H10BrN3. The Kier molecular flexibility index (Phi) is 2.39. The Labute approximate surface area is 90.4 Å². The smallest absolute Gasteiger partial charge is 0.0734 e. The van der Waals surface area contributed by atoms with Crippen LogP contribution in [-0.2, 0) is 0 Å². The number of nitrogens with one attached hydrogen (secondary N) is 1. The van der Waals surface area contributed by atoms with E-state index in [-0.39, 0.29) is 0 Å². The van der Waals surface area contributed by atoms with Crippen LogP contribution < -0.4 is 11.3 Å². The number of hydrazine groups is 1. The van der Waals surface area contributed by atoms with Gasteiger partial charge in [-0.15, -0.1) is 0 Å². The van der Waals surface area contributed by atoms with E-state index >= 15 is 0 Å². The van der Waals surface area contributed by atoms with Gasteiger partial charge in [-0.2, -0.15) is 0 Å². The van der Waals surface area contributed by atoms with E-state index in [4.69, 9.17) is 5.84 Å². The van der Waals surface area contributed by atoms with Crippen LogP contribution in [0.15, 0.2) is 28.9 Å². The van der Waals surface area contributed by atoms with Gasteiger partial charge < -0.3 is 5.43 Å². The molecule has 1 heterocycles. The van der Waals surface area contributed by atoms with E-state index in [2.05, 4.69) is 32.4 Å². The second kappa shape index (κ2) is 3.55. The first-order valence-corrected chi connectivity index (χ1v) is 5.03. The minimum absolute atomic E-state index is 0.894. The number of benzene rings is 1. The molecule has 14 heavy (non-hydrogen) atoms. The lowest BCUT2D eigenvalue weighted by atomic mass is 10.1. The second-order valence-electron chi connectivity index (χ2n) is 3.12. The second-order valence-corrected chi connectivity index (χ2v) is 3.98. The molecule has 0 unspecified atom stereocenters. The molecule has 0 bridgehead atoms. The third kappa shape index (κ3) is 1.47. The highest BCUT2D eigenvalue weighted by Gasteiger charge is 2.03. The first kappa shape index (κ1) is 9.43. The fraction of sp³-hybridized carbons (Fsp3) is 0.100. The SMILES string of the molecule is Cc1cc2c(NN)ccnc2cc1Br. The molecule has 0 aliphatic rings. The predicted molar refractivity (Wildman–Crippen MR) is 62.0 cm³/mol. The highest BCUT2D eigenvalue weighted by atomic mass is 79.9. The van der Waals surface area contributed by atoms with Gasteiger partial charge in [0.25, 0.3) is 0 Å². The van der Waals surface area contributed by atoms with E-state index in [1.165, 1.54) is 5.56 Å². The molecule has 0 spiro atoms. The molecule has 72 valence electrons. The first-order valence-electron chi connectivity index (χ1n) is 4.24. The molecule has 0 saturated carbocycles. The fourth-order valence-corrected chi connectivity index (χ4v) is 1.73. The van der Waals surface area contributed by atoms with E-state index < -0.39 is 0 Å². The van der Waals surface area contributed by atoms with Crippen LogP contribution in [0.3, 0.4) is 0 Å². The quantitative estimate of drug-likeness (QED) is 0.605. The van der Waals surface area contributed by atoms with Gasteiger partial charge in [-0.3, -0.25) is 10.8 Å². The summed E-state index contributed by atoms with van der Waals surface area (Å²) in [5.74, 6) is 5.41. The van der Waals surface area contributed by atoms with E-state index in [0.29, 0.717) is 0 Å². The van der Waals surface area contributed by atoms with E-state index in [1.807, 2.05) is 19.1 Å². The number of nitrogen functional groups attached to an aromatic ring is 1. The number of nitrogens with two attached hydrogens (primary N) is 1. The van der Waals surface area contributed by atoms with Crippen molar-refractivity contribution in [1.29, 1.82) is 0 Å². The lowest BCUT2D eigenvalue weighted by Gasteiger charge is -2.06. The van der Waals surface area contributed by atoms with Gasteiger partial charge in [-0.05, 0) is 30.7 Å². The van der Waals surface area contributed by atoms with Gasteiger partial charge in [-0.1, -0.05) is 15.9 Å². The zero-order valence-corrected chi connectivity index (χ0v) is 9.30. The number of nitrogens with zero attached hydrogens (tertiary/aromatic N) is 1. The Balaban J connectivity index is 2.81. The largest absolute Gasteiger partial charge is 0.323 e. The van der Waals surface area contributed by atoms with Crippen molar-refractivity contribution in [2.24, 2.45) is 5.84 Å². The summed E-state index contributed by atoms with van der Waals surface area (Å²) in [5, 5.41) is 1.04. The van der Waals surface area contributed by atoms with Crippen LogP contribution in [0.25, 0.3) is 10.9 Å². The number of pyridine rings is 1. The third-order valence-corrected chi connectivity index (χ3v) is 3.03. The lowest BCUT2D eigenvalue weighted by molar-refractivity contribution is 1.32. The number of hydrogen-bond donors (Lipinski definition) is 2. The molecule has 0 radical (unpaired) electrons. The molecule has 1 aromatic heterocycles. The summed E-state index contributed by atoms with van der Waals surface area (Å²) in [4.78, 5) is 4.27. The summed E-state index contributed by atoms with van der Waals surface area (Å²) >= 11 is 3.47. The maximum absolute atomic E-state index is 5.41. The van der Waals surface area contributed by atoms with Gasteiger partial charge in [-0.25, -0.2) is 0 Å². The van der Waals surface area contributed by atoms with Gasteiger partial charge in [0.1, 0.15) is 0 Å². The molecule has 0 amide bonds. The maximum Gasteiger partial charge on any atom is 0.0734 e. The van der Waals surface area contributed by atoms with Crippen molar-refractivity contribution in [3.8, 4) is 0 Å². The Hall–Kier alpha value is -1.13. The average Bonchev–Trinajstić information content (AvgIpc) is 2.19. The molecular weight excluding hydrogens is 242 g/mol. The summed E-state index contributed by atoms with van der Waals surface area (Å²) in [5.41, 5.74) is 5.65. The zero-order valence-electron chi connectivity index (χ0n) is 7.71. The summed E-state index contributed by atoms with van der Waals surface area (Å²) in [6.45, 7) is 2.04.